The summed E-state index contributed by atoms with van der Waals surface area (Å²) in [6, 6.07) is 13.0. The highest BCUT2D eigenvalue weighted by Gasteiger charge is 2.21. The summed E-state index contributed by atoms with van der Waals surface area (Å²) in [5.41, 5.74) is 1.33. The maximum atomic E-state index is 12.5. The van der Waals surface area contributed by atoms with Gasteiger partial charge in [0.1, 0.15) is 0 Å². The second-order valence-corrected chi connectivity index (χ2v) is 9.72. The molecular formula is C22H26ClN3O4S. The summed E-state index contributed by atoms with van der Waals surface area (Å²) in [7, 11) is -3.54. The molecule has 31 heavy (non-hydrogen) atoms. The Kier molecular flexibility index (Phi) is 8.06. The number of amides is 2. The first-order valence-corrected chi connectivity index (χ1v) is 12.2. The Labute approximate surface area is 187 Å². The Morgan fingerprint density at radius 1 is 0.903 bits per heavy atom. The van der Waals surface area contributed by atoms with Gasteiger partial charge in [-0.3, -0.25) is 9.59 Å². The van der Waals surface area contributed by atoms with Crippen LogP contribution in [-0.2, 0) is 26.0 Å². The largest absolute Gasteiger partial charge is 0.347 e. The van der Waals surface area contributed by atoms with Crippen LogP contribution in [0.5, 0.6) is 0 Å². The minimum atomic E-state index is -3.54. The van der Waals surface area contributed by atoms with E-state index in [2.05, 4.69) is 15.4 Å². The first-order chi connectivity index (χ1) is 14.8. The van der Waals surface area contributed by atoms with Crippen molar-refractivity contribution in [2.24, 2.45) is 0 Å². The quantitative estimate of drug-likeness (QED) is 0.548. The predicted molar refractivity (Wildman–Crippen MR) is 120 cm³/mol. The molecule has 3 N–H and O–H groups in total. The average molecular weight is 464 g/mol. The van der Waals surface area contributed by atoms with Crippen molar-refractivity contribution in [1.29, 1.82) is 0 Å². The maximum Gasteiger partial charge on any atom is 0.313 e. The SMILES string of the molecule is O=C(NCCc1ccc(S(=O)(=O)NC2CCCCC2)cc1)C(=O)Nc1ccc(Cl)cc1. The van der Waals surface area contributed by atoms with E-state index in [1.807, 2.05) is 0 Å². The second kappa shape index (κ2) is 10.7. The van der Waals surface area contributed by atoms with E-state index in [-0.39, 0.29) is 17.5 Å². The zero-order chi connectivity index (χ0) is 22.3. The number of hydrogen-bond donors (Lipinski definition) is 3. The summed E-state index contributed by atoms with van der Waals surface area (Å²) in [5.74, 6) is -1.51. The monoisotopic (exact) mass is 463 g/mol. The van der Waals surface area contributed by atoms with Crippen molar-refractivity contribution in [1.82, 2.24) is 10.0 Å². The number of rotatable bonds is 7. The molecule has 0 atom stereocenters. The van der Waals surface area contributed by atoms with Crippen LogP contribution in [0.2, 0.25) is 5.02 Å². The van der Waals surface area contributed by atoms with Crippen molar-refractivity contribution in [2.75, 3.05) is 11.9 Å². The lowest BCUT2D eigenvalue weighted by molar-refractivity contribution is -0.136. The molecule has 0 radical (unpaired) electrons. The normalized spacial score (nSPS) is 14.7. The molecule has 0 spiro atoms. The lowest BCUT2D eigenvalue weighted by Crippen LogP contribution is -2.36. The molecule has 0 aliphatic heterocycles. The summed E-state index contributed by atoms with van der Waals surface area (Å²) in [6.45, 7) is 0.249. The minimum absolute atomic E-state index is 0.00709. The molecule has 0 bridgehead atoms. The molecular weight excluding hydrogens is 438 g/mol. The summed E-state index contributed by atoms with van der Waals surface area (Å²) < 4.78 is 27.9. The Balaban J connectivity index is 1.45. The molecule has 7 nitrogen and oxygen atoms in total. The minimum Gasteiger partial charge on any atom is -0.347 e. The van der Waals surface area contributed by atoms with Gasteiger partial charge in [0.05, 0.1) is 4.90 Å². The van der Waals surface area contributed by atoms with Crippen LogP contribution in [0, 0.1) is 0 Å². The van der Waals surface area contributed by atoms with Crippen molar-refractivity contribution >= 4 is 39.1 Å². The number of sulfonamides is 1. The fraction of sp³-hybridized carbons (Fsp3) is 0.364. The molecule has 2 aromatic carbocycles. The van der Waals surface area contributed by atoms with E-state index in [1.165, 1.54) is 0 Å². The molecule has 0 heterocycles. The highest BCUT2D eigenvalue weighted by molar-refractivity contribution is 7.89. The van der Waals surface area contributed by atoms with E-state index in [9.17, 15) is 18.0 Å². The first-order valence-electron chi connectivity index (χ1n) is 10.3. The number of carbonyl (C=O) groups excluding carboxylic acids is 2. The number of hydrogen-bond acceptors (Lipinski definition) is 4. The van der Waals surface area contributed by atoms with E-state index in [4.69, 9.17) is 11.6 Å². The summed E-state index contributed by atoms with van der Waals surface area (Å²) >= 11 is 5.79. The summed E-state index contributed by atoms with van der Waals surface area (Å²) in [6.07, 6.45) is 5.49. The number of carbonyl (C=O) groups is 2. The third kappa shape index (κ3) is 7.05. The molecule has 1 fully saturated rings. The maximum absolute atomic E-state index is 12.5. The molecule has 2 amide bonds. The first kappa shape index (κ1) is 23.2. The van der Waals surface area contributed by atoms with Crippen molar-refractivity contribution in [2.45, 2.75) is 49.5 Å². The number of halogens is 1. The Morgan fingerprint density at radius 3 is 2.19 bits per heavy atom. The molecule has 1 aliphatic carbocycles. The van der Waals surface area contributed by atoms with Crippen LogP contribution in [0.4, 0.5) is 5.69 Å². The van der Waals surface area contributed by atoms with E-state index in [0.717, 1.165) is 37.7 Å². The molecule has 0 unspecified atom stereocenters. The van der Waals surface area contributed by atoms with Gasteiger partial charge in [0, 0.05) is 23.3 Å². The van der Waals surface area contributed by atoms with Crippen molar-refractivity contribution in [3.63, 3.8) is 0 Å². The molecule has 0 aromatic heterocycles. The fourth-order valence-electron chi connectivity index (χ4n) is 3.46. The van der Waals surface area contributed by atoms with Gasteiger partial charge in [-0.05, 0) is 61.2 Å². The number of benzene rings is 2. The summed E-state index contributed by atoms with van der Waals surface area (Å²) in [4.78, 5) is 24.1. The Hall–Kier alpha value is -2.42. The molecule has 3 rings (SSSR count). The van der Waals surface area contributed by atoms with E-state index < -0.39 is 21.8 Å². The van der Waals surface area contributed by atoms with E-state index >= 15 is 0 Å². The van der Waals surface area contributed by atoms with Gasteiger partial charge >= 0.3 is 11.8 Å². The summed E-state index contributed by atoms with van der Waals surface area (Å²) in [5, 5.41) is 5.58. The van der Waals surface area contributed by atoms with Gasteiger partial charge in [-0.25, -0.2) is 13.1 Å². The van der Waals surface area contributed by atoms with Crippen LogP contribution in [0.15, 0.2) is 53.4 Å². The third-order valence-electron chi connectivity index (χ3n) is 5.17. The van der Waals surface area contributed by atoms with Gasteiger partial charge in [-0.1, -0.05) is 43.0 Å². The van der Waals surface area contributed by atoms with Crippen molar-refractivity contribution in [3.8, 4) is 0 Å². The lowest BCUT2D eigenvalue weighted by Gasteiger charge is -2.22. The fourth-order valence-corrected chi connectivity index (χ4v) is 4.90. The van der Waals surface area contributed by atoms with E-state index in [1.54, 1.807) is 48.5 Å². The molecule has 1 saturated carbocycles. The zero-order valence-corrected chi connectivity index (χ0v) is 18.6. The van der Waals surface area contributed by atoms with Crippen LogP contribution in [-0.4, -0.2) is 32.8 Å². The van der Waals surface area contributed by atoms with Gasteiger partial charge in [-0.15, -0.1) is 0 Å². The molecule has 0 saturated heterocycles. The molecule has 1 aliphatic rings. The second-order valence-electron chi connectivity index (χ2n) is 7.57. The topological polar surface area (TPSA) is 104 Å². The Bertz CT molecular complexity index is 1000. The zero-order valence-electron chi connectivity index (χ0n) is 17.1. The number of anilines is 1. The standard InChI is InChI=1S/C22H26ClN3O4S/c23-17-8-10-18(11-9-17)25-22(28)21(27)24-15-14-16-6-12-20(13-7-16)31(29,30)26-19-4-2-1-3-5-19/h6-13,19,26H,1-5,14-15H2,(H,24,27)(H,25,28). The Morgan fingerprint density at radius 2 is 1.55 bits per heavy atom. The van der Waals surface area contributed by atoms with Crippen LogP contribution >= 0.6 is 11.6 Å². The van der Waals surface area contributed by atoms with Gasteiger partial charge in [0.15, 0.2) is 0 Å². The molecule has 2 aromatic rings. The van der Waals surface area contributed by atoms with Crippen molar-refractivity contribution in [3.05, 3.63) is 59.1 Å². The van der Waals surface area contributed by atoms with Crippen LogP contribution in [0.25, 0.3) is 0 Å². The highest BCUT2D eigenvalue weighted by Crippen LogP contribution is 2.20. The van der Waals surface area contributed by atoms with Crippen LogP contribution < -0.4 is 15.4 Å². The molecule has 166 valence electrons. The van der Waals surface area contributed by atoms with Gasteiger partial charge in [0.25, 0.3) is 0 Å². The third-order valence-corrected chi connectivity index (χ3v) is 6.96. The number of nitrogens with one attached hydrogen (secondary N) is 3. The van der Waals surface area contributed by atoms with Crippen LogP contribution in [0.1, 0.15) is 37.7 Å². The van der Waals surface area contributed by atoms with Gasteiger partial charge in [-0.2, -0.15) is 0 Å². The van der Waals surface area contributed by atoms with Gasteiger partial charge < -0.3 is 10.6 Å². The molecule has 9 heteroatoms. The van der Waals surface area contributed by atoms with E-state index in [0.29, 0.717) is 17.1 Å². The van der Waals surface area contributed by atoms with Gasteiger partial charge in [0.2, 0.25) is 10.0 Å². The van der Waals surface area contributed by atoms with Crippen molar-refractivity contribution < 1.29 is 18.0 Å². The highest BCUT2D eigenvalue weighted by atomic mass is 35.5. The average Bonchev–Trinajstić information content (AvgIpc) is 2.76. The predicted octanol–water partition coefficient (Wildman–Crippen LogP) is 3.25. The van der Waals surface area contributed by atoms with Crippen LogP contribution in [0.3, 0.4) is 0 Å². The lowest BCUT2D eigenvalue weighted by atomic mass is 9.96. The smallest absolute Gasteiger partial charge is 0.313 e.